The van der Waals surface area contributed by atoms with Gasteiger partial charge in [0.2, 0.25) is 5.91 Å². The molecule has 0 spiro atoms. The van der Waals surface area contributed by atoms with Gasteiger partial charge in [-0.15, -0.1) is 23.2 Å². The minimum Gasteiger partial charge on any atom is -0.325 e. The van der Waals surface area contributed by atoms with E-state index in [0.29, 0.717) is 11.3 Å². The van der Waals surface area contributed by atoms with E-state index in [9.17, 15) is 14.9 Å². The number of carbonyl (C=O) groups excluding carboxylic acids is 1. The van der Waals surface area contributed by atoms with Gasteiger partial charge in [-0.1, -0.05) is 36.4 Å². The number of nitro groups is 1. The van der Waals surface area contributed by atoms with Crippen LogP contribution in [0.2, 0.25) is 0 Å². The molecule has 1 fully saturated rings. The molecular formula is C16H12Cl2N2O3. The molecule has 1 amide bonds. The van der Waals surface area contributed by atoms with Crippen molar-refractivity contribution < 1.29 is 9.72 Å². The molecule has 0 radical (unpaired) electrons. The summed E-state index contributed by atoms with van der Waals surface area (Å²) >= 11 is 12.5. The van der Waals surface area contributed by atoms with E-state index < -0.39 is 14.7 Å². The summed E-state index contributed by atoms with van der Waals surface area (Å²) in [5.41, 5.74) is -0.110. The lowest BCUT2D eigenvalue weighted by molar-refractivity contribution is -0.384. The second-order valence-electron chi connectivity index (χ2n) is 5.41. The number of carbonyl (C=O) groups is 1. The molecular weight excluding hydrogens is 339 g/mol. The summed E-state index contributed by atoms with van der Waals surface area (Å²) < 4.78 is -1.20. The van der Waals surface area contributed by atoms with Crippen LogP contribution in [0.25, 0.3) is 0 Å². The smallest absolute Gasteiger partial charge is 0.271 e. The number of hydrogen-bond donors (Lipinski definition) is 1. The van der Waals surface area contributed by atoms with E-state index in [-0.39, 0.29) is 18.0 Å². The summed E-state index contributed by atoms with van der Waals surface area (Å²) in [4.78, 5) is 23.0. The number of halogens is 2. The van der Waals surface area contributed by atoms with E-state index in [4.69, 9.17) is 23.2 Å². The molecule has 0 aliphatic heterocycles. The summed E-state index contributed by atoms with van der Waals surface area (Å²) in [6.45, 7) is 0. The van der Waals surface area contributed by atoms with Crippen LogP contribution in [-0.2, 0) is 10.2 Å². The Labute approximate surface area is 142 Å². The van der Waals surface area contributed by atoms with Gasteiger partial charge in [0.15, 0.2) is 0 Å². The molecule has 0 aromatic heterocycles. The van der Waals surface area contributed by atoms with Gasteiger partial charge in [0.05, 0.1) is 4.92 Å². The Hall–Kier alpha value is -2.11. The lowest BCUT2D eigenvalue weighted by Gasteiger charge is -2.18. The fourth-order valence-electron chi connectivity index (χ4n) is 2.64. The Balaban J connectivity index is 1.90. The molecule has 0 unspecified atom stereocenters. The molecule has 23 heavy (non-hydrogen) atoms. The van der Waals surface area contributed by atoms with Crippen LogP contribution in [0.3, 0.4) is 0 Å². The maximum atomic E-state index is 12.7. The number of nitrogens with one attached hydrogen (secondary N) is 1. The number of amides is 1. The normalized spacial score (nSPS) is 21.5. The number of anilines is 1. The van der Waals surface area contributed by atoms with Crippen molar-refractivity contribution in [3.8, 4) is 0 Å². The average Bonchev–Trinajstić information content (AvgIpc) is 3.12. The predicted octanol–water partition coefficient (Wildman–Crippen LogP) is 4.05. The van der Waals surface area contributed by atoms with E-state index in [1.165, 1.54) is 18.2 Å². The van der Waals surface area contributed by atoms with Crippen molar-refractivity contribution in [2.24, 2.45) is 0 Å². The molecule has 3 rings (SSSR count). The van der Waals surface area contributed by atoms with Crippen molar-refractivity contribution in [2.45, 2.75) is 16.2 Å². The lowest BCUT2D eigenvalue weighted by Crippen LogP contribution is -2.32. The predicted molar refractivity (Wildman–Crippen MR) is 88.9 cm³/mol. The second kappa shape index (κ2) is 5.51. The van der Waals surface area contributed by atoms with Crippen LogP contribution in [0.1, 0.15) is 12.0 Å². The van der Waals surface area contributed by atoms with Gasteiger partial charge in [-0.05, 0) is 11.6 Å². The summed E-state index contributed by atoms with van der Waals surface area (Å²) in [6, 6.07) is 14.8. The fraction of sp³-hybridized carbons (Fsp3) is 0.188. The number of nitro benzene ring substituents is 1. The molecule has 0 bridgehead atoms. The molecule has 1 aliphatic carbocycles. The Morgan fingerprint density at radius 2 is 1.78 bits per heavy atom. The first-order chi connectivity index (χ1) is 10.9. The highest BCUT2D eigenvalue weighted by molar-refractivity contribution is 6.54. The number of hydrogen-bond acceptors (Lipinski definition) is 3. The summed E-state index contributed by atoms with van der Waals surface area (Å²) in [7, 11) is 0. The molecule has 0 saturated heterocycles. The number of rotatable bonds is 4. The Kier molecular flexibility index (Phi) is 3.78. The van der Waals surface area contributed by atoms with E-state index in [1.807, 2.05) is 6.07 Å². The maximum absolute atomic E-state index is 12.7. The Bertz CT molecular complexity index is 780. The Morgan fingerprint density at radius 1 is 1.13 bits per heavy atom. The highest BCUT2D eigenvalue weighted by Crippen LogP contribution is 2.65. The minimum atomic E-state index is -1.20. The van der Waals surface area contributed by atoms with Crippen molar-refractivity contribution in [1.82, 2.24) is 0 Å². The number of alkyl halides is 2. The van der Waals surface area contributed by atoms with E-state index >= 15 is 0 Å². The minimum absolute atomic E-state index is 0.102. The van der Waals surface area contributed by atoms with E-state index in [1.54, 1.807) is 30.3 Å². The zero-order valence-corrected chi connectivity index (χ0v) is 13.3. The van der Waals surface area contributed by atoms with Crippen molar-refractivity contribution >= 4 is 40.5 Å². The summed E-state index contributed by atoms with van der Waals surface area (Å²) in [5.74, 6) is -0.380. The van der Waals surface area contributed by atoms with Gasteiger partial charge in [0, 0.05) is 24.2 Å². The third kappa shape index (κ3) is 2.66. The van der Waals surface area contributed by atoms with Crippen LogP contribution in [0, 0.1) is 10.1 Å². The van der Waals surface area contributed by atoms with Crippen LogP contribution in [0.4, 0.5) is 11.4 Å². The third-order valence-electron chi connectivity index (χ3n) is 3.96. The molecule has 1 saturated carbocycles. The van der Waals surface area contributed by atoms with Crippen LogP contribution in [0.5, 0.6) is 0 Å². The lowest BCUT2D eigenvalue weighted by atomic mass is 9.94. The van der Waals surface area contributed by atoms with Gasteiger partial charge >= 0.3 is 0 Å². The monoisotopic (exact) mass is 350 g/mol. The SMILES string of the molecule is O=C(Nc1cccc([N+](=O)[O-])c1)[C@]1(c2ccccc2)CC1(Cl)Cl. The first kappa shape index (κ1) is 15.8. The molecule has 1 atom stereocenters. The number of benzene rings is 2. The molecule has 7 heteroatoms. The molecule has 1 aliphatic rings. The standard InChI is InChI=1S/C16H12Cl2N2O3/c17-16(18)10-15(16,11-5-2-1-3-6-11)14(21)19-12-7-4-8-13(9-12)20(22)23/h1-9H,10H2,(H,19,21)/t15-/m1/s1. The fourth-order valence-corrected chi connectivity index (χ4v) is 3.43. The van der Waals surface area contributed by atoms with Gasteiger partial charge in [-0.25, -0.2) is 0 Å². The zero-order chi connectivity index (χ0) is 16.7. The quantitative estimate of drug-likeness (QED) is 0.513. The topological polar surface area (TPSA) is 72.2 Å². The number of nitrogens with zero attached hydrogens (tertiary/aromatic N) is 1. The third-order valence-corrected chi connectivity index (χ3v) is 4.87. The zero-order valence-electron chi connectivity index (χ0n) is 11.8. The van der Waals surface area contributed by atoms with Gasteiger partial charge in [0.1, 0.15) is 9.75 Å². The summed E-state index contributed by atoms with van der Waals surface area (Å²) in [5, 5.41) is 13.5. The van der Waals surface area contributed by atoms with Gasteiger partial charge in [0.25, 0.3) is 5.69 Å². The van der Waals surface area contributed by atoms with Crippen LogP contribution in [-0.4, -0.2) is 15.2 Å². The van der Waals surface area contributed by atoms with E-state index in [0.717, 1.165) is 0 Å². The molecule has 5 nitrogen and oxygen atoms in total. The first-order valence-electron chi connectivity index (χ1n) is 6.86. The van der Waals surface area contributed by atoms with Crippen LogP contribution >= 0.6 is 23.2 Å². The average molecular weight is 351 g/mol. The molecule has 118 valence electrons. The maximum Gasteiger partial charge on any atom is 0.271 e. The van der Waals surface area contributed by atoms with Gasteiger partial charge in [-0.2, -0.15) is 0 Å². The molecule has 2 aromatic rings. The first-order valence-corrected chi connectivity index (χ1v) is 7.62. The van der Waals surface area contributed by atoms with Gasteiger partial charge < -0.3 is 5.32 Å². The van der Waals surface area contributed by atoms with Crippen molar-refractivity contribution in [3.63, 3.8) is 0 Å². The van der Waals surface area contributed by atoms with E-state index in [2.05, 4.69) is 5.32 Å². The highest BCUT2D eigenvalue weighted by atomic mass is 35.5. The molecule has 1 N–H and O–H groups in total. The van der Waals surface area contributed by atoms with Gasteiger partial charge in [-0.3, -0.25) is 14.9 Å². The summed E-state index contributed by atoms with van der Waals surface area (Å²) in [6.07, 6.45) is 0.286. The largest absolute Gasteiger partial charge is 0.325 e. The molecule has 2 aromatic carbocycles. The number of non-ortho nitro benzene ring substituents is 1. The van der Waals surface area contributed by atoms with Crippen molar-refractivity contribution in [1.29, 1.82) is 0 Å². The van der Waals surface area contributed by atoms with Crippen LogP contribution < -0.4 is 5.32 Å². The Morgan fingerprint density at radius 3 is 2.35 bits per heavy atom. The van der Waals surface area contributed by atoms with Crippen molar-refractivity contribution in [2.75, 3.05) is 5.32 Å². The second-order valence-corrected chi connectivity index (χ2v) is 6.90. The molecule has 0 heterocycles. The van der Waals surface area contributed by atoms with Crippen LogP contribution in [0.15, 0.2) is 54.6 Å². The van der Waals surface area contributed by atoms with Crippen molar-refractivity contribution in [3.05, 3.63) is 70.3 Å². The highest BCUT2D eigenvalue weighted by Gasteiger charge is 2.72.